The molecule has 0 saturated carbocycles. The molecule has 84 valence electrons. The second-order valence-corrected chi connectivity index (χ2v) is 4.16. The van der Waals surface area contributed by atoms with E-state index in [4.69, 9.17) is 5.73 Å². The summed E-state index contributed by atoms with van der Waals surface area (Å²) >= 11 is 1.16. The number of aromatic amines is 1. The van der Waals surface area contributed by atoms with Crippen LogP contribution in [0, 0.1) is 0 Å². The fourth-order valence-corrected chi connectivity index (χ4v) is 1.90. The molecule has 6 heteroatoms. The molecule has 2 aromatic heterocycles. The number of H-pyrrole nitrogens is 1. The summed E-state index contributed by atoms with van der Waals surface area (Å²) < 4.78 is 0. The van der Waals surface area contributed by atoms with Crippen molar-refractivity contribution in [1.29, 1.82) is 0 Å². The van der Waals surface area contributed by atoms with Crippen LogP contribution >= 0.6 is 11.3 Å². The third-order valence-electron chi connectivity index (χ3n) is 2.10. The number of nitrogens with two attached hydrogens (primary N) is 1. The first-order chi connectivity index (χ1) is 7.75. The molecule has 0 radical (unpaired) electrons. The van der Waals surface area contributed by atoms with E-state index in [0.717, 1.165) is 22.7 Å². The third kappa shape index (κ3) is 2.68. The average Bonchev–Trinajstić information content (AvgIpc) is 2.67. The van der Waals surface area contributed by atoms with E-state index in [0.29, 0.717) is 18.8 Å². The Morgan fingerprint density at radius 3 is 3.06 bits per heavy atom. The van der Waals surface area contributed by atoms with E-state index in [1.54, 1.807) is 17.6 Å². The van der Waals surface area contributed by atoms with Crippen molar-refractivity contribution in [2.24, 2.45) is 0 Å². The lowest BCUT2D eigenvalue weighted by Gasteiger charge is -2.04. The molecule has 0 spiro atoms. The zero-order valence-corrected chi connectivity index (χ0v) is 9.38. The van der Waals surface area contributed by atoms with Crippen LogP contribution in [0.3, 0.4) is 0 Å². The number of pyridine rings is 1. The molecule has 0 aliphatic carbocycles. The zero-order valence-electron chi connectivity index (χ0n) is 8.56. The van der Waals surface area contributed by atoms with E-state index in [1.165, 1.54) is 0 Å². The number of thiazole rings is 1. The number of nitrogens with one attached hydrogen (secondary N) is 2. The highest BCUT2D eigenvalue weighted by Gasteiger charge is 2.00. The smallest absolute Gasteiger partial charge is 0.304 e. The standard InChI is InChI=1S/C10H12N4OS/c11-8-2-1-3-13-9(8)5-12-4-7-6-16-10(15)14-7/h1-3,6,12H,4-5,11H2,(H,14,15). The first kappa shape index (κ1) is 10.8. The normalized spacial score (nSPS) is 10.5. The minimum Gasteiger partial charge on any atom is -0.397 e. The number of rotatable bonds is 4. The molecule has 0 aromatic carbocycles. The summed E-state index contributed by atoms with van der Waals surface area (Å²) in [5.74, 6) is 0. The van der Waals surface area contributed by atoms with Gasteiger partial charge in [-0.1, -0.05) is 11.3 Å². The van der Waals surface area contributed by atoms with Gasteiger partial charge in [-0.2, -0.15) is 0 Å². The summed E-state index contributed by atoms with van der Waals surface area (Å²) in [5, 5.41) is 4.97. The summed E-state index contributed by atoms with van der Waals surface area (Å²) in [6.07, 6.45) is 1.71. The van der Waals surface area contributed by atoms with Gasteiger partial charge in [-0.15, -0.1) is 0 Å². The summed E-state index contributed by atoms with van der Waals surface area (Å²) in [4.78, 5) is 17.7. The van der Waals surface area contributed by atoms with Gasteiger partial charge in [0.15, 0.2) is 0 Å². The first-order valence-electron chi connectivity index (χ1n) is 4.82. The van der Waals surface area contributed by atoms with E-state index >= 15 is 0 Å². The van der Waals surface area contributed by atoms with Crippen LogP contribution in [0.1, 0.15) is 11.4 Å². The Labute approximate surface area is 96.3 Å². The monoisotopic (exact) mass is 236 g/mol. The minimum absolute atomic E-state index is 0.0332. The van der Waals surface area contributed by atoms with Crippen LogP contribution in [0.15, 0.2) is 28.5 Å². The van der Waals surface area contributed by atoms with Crippen molar-refractivity contribution in [3.8, 4) is 0 Å². The van der Waals surface area contributed by atoms with Crippen molar-refractivity contribution < 1.29 is 0 Å². The minimum atomic E-state index is -0.0332. The number of anilines is 1. The van der Waals surface area contributed by atoms with Crippen LogP contribution in [0.25, 0.3) is 0 Å². The Balaban J connectivity index is 1.89. The molecule has 0 fully saturated rings. The molecule has 2 rings (SSSR count). The van der Waals surface area contributed by atoms with E-state index in [-0.39, 0.29) is 4.87 Å². The van der Waals surface area contributed by atoms with Gasteiger partial charge < -0.3 is 16.0 Å². The summed E-state index contributed by atoms with van der Waals surface area (Å²) in [6.45, 7) is 1.19. The Hall–Kier alpha value is -1.66. The van der Waals surface area contributed by atoms with Gasteiger partial charge in [0.05, 0.1) is 11.4 Å². The quantitative estimate of drug-likeness (QED) is 0.729. The Bertz CT molecular complexity index is 519. The number of aromatic nitrogens is 2. The maximum absolute atomic E-state index is 10.9. The summed E-state index contributed by atoms with van der Waals surface area (Å²) in [6, 6.07) is 3.62. The van der Waals surface area contributed by atoms with E-state index in [1.807, 2.05) is 6.07 Å². The van der Waals surface area contributed by atoms with Crippen LogP contribution in [-0.2, 0) is 13.1 Å². The number of hydrogen-bond acceptors (Lipinski definition) is 5. The molecule has 0 bridgehead atoms. The fourth-order valence-electron chi connectivity index (χ4n) is 1.31. The van der Waals surface area contributed by atoms with Gasteiger partial charge in [-0.3, -0.25) is 9.78 Å². The van der Waals surface area contributed by atoms with Crippen molar-refractivity contribution in [2.45, 2.75) is 13.1 Å². The lowest BCUT2D eigenvalue weighted by atomic mass is 10.3. The number of nitrogen functional groups attached to an aromatic ring is 1. The predicted octanol–water partition coefficient (Wildman–Crippen LogP) is 0.703. The van der Waals surface area contributed by atoms with Crippen molar-refractivity contribution in [3.63, 3.8) is 0 Å². The van der Waals surface area contributed by atoms with Crippen molar-refractivity contribution in [2.75, 3.05) is 5.73 Å². The zero-order chi connectivity index (χ0) is 11.4. The van der Waals surface area contributed by atoms with Crippen molar-refractivity contribution >= 4 is 17.0 Å². The predicted molar refractivity (Wildman–Crippen MR) is 64.1 cm³/mol. The molecule has 0 atom stereocenters. The molecule has 4 N–H and O–H groups in total. The lowest BCUT2D eigenvalue weighted by molar-refractivity contribution is 0.670. The second kappa shape index (κ2) is 4.91. The molecule has 0 aliphatic heterocycles. The highest BCUT2D eigenvalue weighted by Crippen LogP contribution is 2.06. The lowest BCUT2D eigenvalue weighted by Crippen LogP contribution is -2.15. The molecule has 16 heavy (non-hydrogen) atoms. The van der Waals surface area contributed by atoms with Gasteiger partial charge >= 0.3 is 4.87 Å². The van der Waals surface area contributed by atoms with Crippen LogP contribution < -0.4 is 15.9 Å². The second-order valence-electron chi connectivity index (χ2n) is 3.32. The number of nitrogens with zero attached hydrogens (tertiary/aromatic N) is 1. The maximum atomic E-state index is 10.9. The van der Waals surface area contributed by atoms with Crippen LogP contribution in [0.4, 0.5) is 5.69 Å². The third-order valence-corrected chi connectivity index (χ3v) is 2.82. The van der Waals surface area contributed by atoms with Crippen molar-refractivity contribution in [1.82, 2.24) is 15.3 Å². The Kier molecular flexibility index (Phi) is 3.33. The van der Waals surface area contributed by atoms with Gasteiger partial charge in [0.1, 0.15) is 0 Å². The van der Waals surface area contributed by atoms with E-state index in [2.05, 4.69) is 15.3 Å². The summed E-state index contributed by atoms with van der Waals surface area (Å²) in [5.41, 5.74) is 8.12. The first-order valence-corrected chi connectivity index (χ1v) is 5.70. The molecule has 0 unspecified atom stereocenters. The highest BCUT2D eigenvalue weighted by molar-refractivity contribution is 7.07. The van der Waals surface area contributed by atoms with Gasteiger partial charge in [-0.25, -0.2) is 0 Å². The van der Waals surface area contributed by atoms with Gasteiger partial charge in [0.2, 0.25) is 0 Å². The molecule has 2 aromatic rings. The van der Waals surface area contributed by atoms with Gasteiger partial charge in [-0.05, 0) is 12.1 Å². The Morgan fingerprint density at radius 2 is 2.38 bits per heavy atom. The molecule has 0 amide bonds. The largest absolute Gasteiger partial charge is 0.397 e. The van der Waals surface area contributed by atoms with Crippen LogP contribution in [-0.4, -0.2) is 9.97 Å². The van der Waals surface area contributed by atoms with Crippen LogP contribution in [0.2, 0.25) is 0 Å². The SMILES string of the molecule is Nc1cccnc1CNCc1csc(=O)[nH]1. The fraction of sp³-hybridized carbons (Fsp3) is 0.200. The Morgan fingerprint density at radius 1 is 1.50 bits per heavy atom. The molecular weight excluding hydrogens is 224 g/mol. The average molecular weight is 236 g/mol. The molecule has 2 heterocycles. The number of hydrogen-bond donors (Lipinski definition) is 3. The van der Waals surface area contributed by atoms with E-state index in [9.17, 15) is 4.79 Å². The van der Waals surface area contributed by atoms with Crippen LogP contribution in [0.5, 0.6) is 0 Å². The van der Waals surface area contributed by atoms with Gasteiger partial charge in [0, 0.05) is 30.4 Å². The summed E-state index contributed by atoms with van der Waals surface area (Å²) in [7, 11) is 0. The maximum Gasteiger partial charge on any atom is 0.304 e. The van der Waals surface area contributed by atoms with E-state index < -0.39 is 0 Å². The molecule has 0 saturated heterocycles. The van der Waals surface area contributed by atoms with Gasteiger partial charge in [0.25, 0.3) is 0 Å². The topological polar surface area (TPSA) is 83.8 Å². The highest BCUT2D eigenvalue weighted by atomic mass is 32.1. The molecule has 0 aliphatic rings. The molecule has 5 nitrogen and oxygen atoms in total. The molecular formula is C10H12N4OS. The van der Waals surface area contributed by atoms with Crippen molar-refractivity contribution in [3.05, 3.63) is 44.8 Å².